The molecule has 2 heterocycles. The fraction of sp³-hybridized carbons (Fsp3) is 0.667. The van der Waals surface area contributed by atoms with E-state index in [1.807, 2.05) is 6.07 Å². The third-order valence-corrected chi connectivity index (χ3v) is 7.56. The molecule has 0 spiro atoms. The second-order valence-electron chi connectivity index (χ2n) is 7.10. The van der Waals surface area contributed by atoms with Gasteiger partial charge < -0.3 is 4.74 Å². The minimum absolute atomic E-state index is 0.370. The van der Waals surface area contributed by atoms with Crippen LogP contribution in [0.5, 0.6) is 5.75 Å². The molecule has 2 fully saturated rings. The van der Waals surface area contributed by atoms with Gasteiger partial charge in [0, 0.05) is 44.7 Å². The van der Waals surface area contributed by atoms with Crippen LogP contribution < -0.4 is 4.74 Å². The Balaban J connectivity index is 1.44. The Labute approximate surface area is 144 Å². The smallest absolute Gasteiger partial charge is 0.243 e. The molecule has 6 heteroatoms. The number of sulfonamides is 1. The Morgan fingerprint density at radius 1 is 1.00 bits per heavy atom. The molecule has 0 unspecified atom stereocenters. The number of fused-ring (bicyclic) bond motifs is 1. The number of ether oxygens (including phenoxy) is 1. The van der Waals surface area contributed by atoms with Crippen molar-refractivity contribution in [3.8, 4) is 5.75 Å². The second-order valence-corrected chi connectivity index (χ2v) is 9.04. The maximum atomic E-state index is 12.9. The summed E-state index contributed by atoms with van der Waals surface area (Å²) in [7, 11) is -3.41. The van der Waals surface area contributed by atoms with E-state index >= 15 is 0 Å². The van der Waals surface area contributed by atoms with Crippen LogP contribution in [0, 0.1) is 0 Å². The average Bonchev–Trinajstić information content (AvgIpc) is 3.10. The Morgan fingerprint density at radius 3 is 2.50 bits per heavy atom. The number of piperazine rings is 1. The molecule has 1 saturated heterocycles. The molecule has 24 heavy (non-hydrogen) atoms. The van der Waals surface area contributed by atoms with Crippen LogP contribution in [0.3, 0.4) is 0 Å². The molecule has 3 aliphatic rings. The summed E-state index contributed by atoms with van der Waals surface area (Å²) in [4.78, 5) is 2.87. The van der Waals surface area contributed by atoms with Gasteiger partial charge >= 0.3 is 0 Å². The Morgan fingerprint density at radius 2 is 1.75 bits per heavy atom. The van der Waals surface area contributed by atoms with Gasteiger partial charge in [-0.05, 0) is 24.5 Å². The molecule has 0 atom stereocenters. The van der Waals surface area contributed by atoms with E-state index in [1.54, 1.807) is 16.4 Å². The molecule has 1 saturated carbocycles. The van der Waals surface area contributed by atoms with Crippen LogP contribution in [0.4, 0.5) is 0 Å². The van der Waals surface area contributed by atoms with Gasteiger partial charge in [-0.3, -0.25) is 4.90 Å². The van der Waals surface area contributed by atoms with Crippen molar-refractivity contribution >= 4 is 10.0 Å². The predicted molar refractivity (Wildman–Crippen MR) is 92.8 cm³/mol. The van der Waals surface area contributed by atoms with E-state index in [4.69, 9.17) is 4.74 Å². The fourth-order valence-electron chi connectivity index (χ4n) is 4.21. The van der Waals surface area contributed by atoms with E-state index in [0.717, 1.165) is 30.8 Å². The maximum Gasteiger partial charge on any atom is 0.243 e. The lowest BCUT2D eigenvalue weighted by Gasteiger charge is -2.40. The Bertz CT molecular complexity index is 690. The molecule has 1 aromatic carbocycles. The quantitative estimate of drug-likeness (QED) is 0.839. The van der Waals surface area contributed by atoms with Gasteiger partial charge in [0.2, 0.25) is 10.0 Å². The van der Waals surface area contributed by atoms with Crippen LogP contribution in [0.2, 0.25) is 0 Å². The zero-order valence-corrected chi connectivity index (χ0v) is 14.9. The number of hydrogen-bond acceptors (Lipinski definition) is 4. The van der Waals surface area contributed by atoms with Gasteiger partial charge in [-0.25, -0.2) is 8.42 Å². The van der Waals surface area contributed by atoms with Gasteiger partial charge in [-0.15, -0.1) is 0 Å². The molecule has 0 amide bonds. The molecule has 0 bridgehead atoms. The zero-order chi connectivity index (χ0) is 16.6. The first kappa shape index (κ1) is 16.4. The lowest BCUT2D eigenvalue weighted by molar-refractivity contribution is 0.111. The van der Waals surface area contributed by atoms with E-state index in [2.05, 4.69) is 4.90 Å². The Hall–Kier alpha value is -1.11. The summed E-state index contributed by atoms with van der Waals surface area (Å²) in [6.45, 7) is 3.54. The van der Waals surface area contributed by atoms with Gasteiger partial charge in [0.25, 0.3) is 0 Å². The van der Waals surface area contributed by atoms with E-state index in [9.17, 15) is 8.42 Å². The highest BCUT2D eigenvalue weighted by molar-refractivity contribution is 7.89. The molecule has 0 N–H and O–H groups in total. The van der Waals surface area contributed by atoms with Crippen LogP contribution >= 0.6 is 0 Å². The lowest BCUT2D eigenvalue weighted by Crippen LogP contribution is -2.52. The molecule has 4 rings (SSSR count). The first-order valence-electron chi connectivity index (χ1n) is 9.14. The van der Waals surface area contributed by atoms with Crippen molar-refractivity contribution in [2.24, 2.45) is 0 Å². The summed E-state index contributed by atoms with van der Waals surface area (Å²) in [5.41, 5.74) is 1.11. The van der Waals surface area contributed by atoms with E-state index < -0.39 is 10.0 Å². The third-order valence-electron chi connectivity index (χ3n) is 5.67. The predicted octanol–water partition coefficient (Wildman–Crippen LogP) is 2.26. The van der Waals surface area contributed by atoms with Crippen molar-refractivity contribution in [1.82, 2.24) is 9.21 Å². The highest BCUT2D eigenvalue weighted by Gasteiger charge is 2.32. The average molecular weight is 350 g/mol. The van der Waals surface area contributed by atoms with Crippen LogP contribution in [-0.2, 0) is 16.4 Å². The summed E-state index contributed by atoms with van der Waals surface area (Å²) >= 11 is 0. The summed E-state index contributed by atoms with van der Waals surface area (Å²) in [6.07, 6.45) is 7.40. The third kappa shape index (κ3) is 3.07. The second kappa shape index (κ2) is 6.65. The van der Waals surface area contributed by atoms with Crippen LogP contribution in [0.1, 0.15) is 37.7 Å². The molecule has 2 aliphatic heterocycles. The maximum absolute atomic E-state index is 12.9. The fourth-order valence-corrected chi connectivity index (χ4v) is 5.65. The van der Waals surface area contributed by atoms with Gasteiger partial charge in [0.1, 0.15) is 5.75 Å². The molecular formula is C18H26N2O3S. The van der Waals surface area contributed by atoms with Crippen LogP contribution in [-0.4, -0.2) is 56.5 Å². The van der Waals surface area contributed by atoms with Crippen molar-refractivity contribution in [3.63, 3.8) is 0 Å². The molecule has 1 aliphatic carbocycles. The van der Waals surface area contributed by atoms with Crippen LogP contribution in [0.25, 0.3) is 0 Å². The SMILES string of the molecule is O=S(=O)(c1ccc2c(c1)OCC2)N1CCN(C2CCCCC2)CC1. The van der Waals surface area contributed by atoms with Crippen molar-refractivity contribution in [3.05, 3.63) is 23.8 Å². The first-order valence-corrected chi connectivity index (χ1v) is 10.6. The van der Waals surface area contributed by atoms with E-state index in [-0.39, 0.29) is 0 Å². The van der Waals surface area contributed by atoms with Gasteiger partial charge in [-0.1, -0.05) is 25.3 Å². The minimum Gasteiger partial charge on any atom is -0.493 e. The number of hydrogen-bond donors (Lipinski definition) is 0. The molecule has 5 nitrogen and oxygen atoms in total. The molecule has 1 aromatic rings. The minimum atomic E-state index is -3.41. The largest absolute Gasteiger partial charge is 0.493 e. The topological polar surface area (TPSA) is 49.9 Å². The number of benzene rings is 1. The number of rotatable bonds is 3. The Kier molecular flexibility index (Phi) is 4.54. The van der Waals surface area contributed by atoms with Gasteiger partial charge in [0.15, 0.2) is 0 Å². The highest BCUT2D eigenvalue weighted by Crippen LogP contribution is 2.30. The molecule has 132 valence electrons. The summed E-state index contributed by atoms with van der Waals surface area (Å²) < 4.78 is 33.0. The molecule has 0 radical (unpaired) electrons. The van der Waals surface area contributed by atoms with Crippen molar-refractivity contribution in [2.45, 2.75) is 49.5 Å². The van der Waals surface area contributed by atoms with Gasteiger partial charge in [0.05, 0.1) is 11.5 Å². The monoisotopic (exact) mass is 350 g/mol. The lowest BCUT2D eigenvalue weighted by atomic mass is 9.94. The van der Waals surface area contributed by atoms with Crippen molar-refractivity contribution in [1.29, 1.82) is 0 Å². The number of nitrogens with zero attached hydrogens (tertiary/aromatic N) is 2. The molecule has 0 aromatic heterocycles. The summed E-state index contributed by atoms with van der Waals surface area (Å²) in [6, 6.07) is 5.99. The van der Waals surface area contributed by atoms with E-state index in [1.165, 1.54) is 32.1 Å². The van der Waals surface area contributed by atoms with Gasteiger partial charge in [-0.2, -0.15) is 4.31 Å². The van der Waals surface area contributed by atoms with Crippen molar-refractivity contribution < 1.29 is 13.2 Å². The standard InChI is InChI=1S/C18H26N2O3S/c21-24(22,17-7-6-15-8-13-23-18(15)14-17)20-11-9-19(10-12-20)16-4-2-1-3-5-16/h6-7,14,16H,1-5,8-13H2. The first-order chi connectivity index (χ1) is 11.6. The normalized spacial score (nSPS) is 23.8. The summed E-state index contributed by atoms with van der Waals surface area (Å²) in [5.74, 6) is 0.733. The zero-order valence-electron chi connectivity index (χ0n) is 14.1. The highest BCUT2D eigenvalue weighted by atomic mass is 32.2. The van der Waals surface area contributed by atoms with Crippen molar-refractivity contribution in [2.75, 3.05) is 32.8 Å². The van der Waals surface area contributed by atoms with E-state index in [0.29, 0.717) is 30.6 Å². The van der Waals surface area contributed by atoms with Crippen LogP contribution in [0.15, 0.2) is 23.1 Å². The summed E-state index contributed by atoms with van der Waals surface area (Å²) in [5, 5.41) is 0. The molecular weight excluding hydrogens is 324 g/mol.